The maximum absolute atomic E-state index is 3.51. The molecule has 0 radical (unpaired) electrons. The number of thioether (sulfide) groups is 1. The Kier molecular flexibility index (Phi) is 2.24. The van der Waals surface area contributed by atoms with Crippen molar-refractivity contribution >= 4 is 17.4 Å². The van der Waals surface area contributed by atoms with Crippen LogP contribution in [0.5, 0.6) is 0 Å². The maximum Gasteiger partial charge on any atom is 0.0389 e. The van der Waals surface area contributed by atoms with Gasteiger partial charge in [-0.2, -0.15) is 0 Å². The Morgan fingerprint density at radius 2 is 2.08 bits per heavy atom. The van der Waals surface area contributed by atoms with Crippen molar-refractivity contribution in [3.63, 3.8) is 0 Å². The van der Waals surface area contributed by atoms with E-state index in [2.05, 4.69) is 43.6 Å². The summed E-state index contributed by atoms with van der Waals surface area (Å²) < 4.78 is 0. The van der Waals surface area contributed by atoms with Crippen LogP contribution in [0.15, 0.2) is 23.1 Å². The molecule has 13 heavy (non-hydrogen) atoms. The smallest absolute Gasteiger partial charge is 0.0389 e. The molecule has 2 unspecified atom stereocenters. The number of hydrogen-bond acceptors (Lipinski definition) is 2. The Bertz CT molecular complexity index is 322. The molecule has 0 bridgehead atoms. The summed E-state index contributed by atoms with van der Waals surface area (Å²) in [4.78, 5) is 1.42. The van der Waals surface area contributed by atoms with Crippen LogP contribution in [-0.2, 0) is 0 Å². The monoisotopic (exact) mass is 193 g/mol. The zero-order valence-corrected chi connectivity index (χ0v) is 9.11. The van der Waals surface area contributed by atoms with E-state index in [-0.39, 0.29) is 0 Å². The Hall–Kier alpha value is -0.630. The predicted octanol–water partition coefficient (Wildman–Crippen LogP) is 3.33. The summed E-state index contributed by atoms with van der Waals surface area (Å²) >= 11 is 1.84. The summed E-state index contributed by atoms with van der Waals surface area (Å²) in [6, 6.07) is 7.08. The molecule has 0 aliphatic carbocycles. The molecule has 1 aliphatic heterocycles. The van der Waals surface area contributed by atoms with Crippen LogP contribution < -0.4 is 5.32 Å². The van der Waals surface area contributed by atoms with E-state index >= 15 is 0 Å². The van der Waals surface area contributed by atoms with Gasteiger partial charge in [0, 0.05) is 22.5 Å². The van der Waals surface area contributed by atoms with E-state index in [1.54, 1.807) is 0 Å². The van der Waals surface area contributed by atoms with E-state index < -0.39 is 0 Å². The van der Waals surface area contributed by atoms with Gasteiger partial charge in [0.15, 0.2) is 0 Å². The van der Waals surface area contributed by atoms with Gasteiger partial charge in [0.25, 0.3) is 0 Å². The van der Waals surface area contributed by atoms with Gasteiger partial charge in [0.2, 0.25) is 0 Å². The molecule has 1 N–H and O–H groups in total. The highest BCUT2D eigenvalue weighted by atomic mass is 32.2. The number of rotatable bonds is 1. The van der Waals surface area contributed by atoms with Crippen molar-refractivity contribution in [2.45, 2.75) is 30.7 Å². The second-order valence-electron chi connectivity index (χ2n) is 3.64. The van der Waals surface area contributed by atoms with Crippen molar-refractivity contribution in [3.8, 4) is 0 Å². The molecule has 0 fully saturated rings. The SMILES string of the molecule is CSc1cccc2c1C(C)C(C)N2. The van der Waals surface area contributed by atoms with Gasteiger partial charge >= 0.3 is 0 Å². The van der Waals surface area contributed by atoms with Crippen LogP contribution in [0.3, 0.4) is 0 Å². The first-order valence-corrected chi connectivity index (χ1v) is 5.90. The third-order valence-electron chi connectivity index (χ3n) is 2.87. The van der Waals surface area contributed by atoms with Crippen LogP contribution in [0, 0.1) is 0 Å². The lowest BCUT2D eigenvalue weighted by molar-refractivity contribution is 0.682. The second kappa shape index (κ2) is 3.26. The fraction of sp³-hybridized carbons (Fsp3) is 0.455. The van der Waals surface area contributed by atoms with Crippen LogP contribution >= 0.6 is 11.8 Å². The number of anilines is 1. The van der Waals surface area contributed by atoms with Crippen LogP contribution in [-0.4, -0.2) is 12.3 Å². The number of nitrogens with one attached hydrogen (secondary N) is 1. The van der Waals surface area contributed by atoms with Gasteiger partial charge in [-0.3, -0.25) is 0 Å². The maximum atomic E-state index is 3.51. The molecule has 0 saturated heterocycles. The highest BCUT2D eigenvalue weighted by molar-refractivity contribution is 7.98. The van der Waals surface area contributed by atoms with Crippen LogP contribution in [0.1, 0.15) is 25.3 Å². The minimum Gasteiger partial charge on any atom is -0.382 e. The first-order valence-electron chi connectivity index (χ1n) is 4.67. The van der Waals surface area contributed by atoms with E-state index in [1.165, 1.54) is 16.1 Å². The molecule has 1 nitrogen and oxygen atoms in total. The second-order valence-corrected chi connectivity index (χ2v) is 4.49. The molecule has 0 aromatic heterocycles. The average Bonchev–Trinajstić information content (AvgIpc) is 2.43. The lowest BCUT2D eigenvalue weighted by atomic mass is 9.98. The molecule has 0 saturated carbocycles. The van der Waals surface area contributed by atoms with Crippen molar-refractivity contribution in [1.82, 2.24) is 0 Å². The fourth-order valence-electron chi connectivity index (χ4n) is 1.94. The molecule has 2 atom stereocenters. The zero-order chi connectivity index (χ0) is 9.42. The average molecular weight is 193 g/mol. The highest BCUT2D eigenvalue weighted by Crippen LogP contribution is 2.40. The quantitative estimate of drug-likeness (QED) is 0.687. The molecule has 70 valence electrons. The lowest BCUT2D eigenvalue weighted by Gasteiger charge is -2.11. The number of benzene rings is 1. The van der Waals surface area contributed by atoms with Gasteiger partial charge in [-0.15, -0.1) is 11.8 Å². The Morgan fingerprint density at radius 1 is 1.31 bits per heavy atom. The van der Waals surface area contributed by atoms with Gasteiger partial charge in [0.1, 0.15) is 0 Å². The van der Waals surface area contributed by atoms with E-state index in [1.807, 2.05) is 11.8 Å². The van der Waals surface area contributed by atoms with Crippen molar-refractivity contribution < 1.29 is 0 Å². The van der Waals surface area contributed by atoms with Crippen molar-refractivity contribution in [2.24, 2.45) is 0 Å². The van der Waals surface area contributed by atoms with Crippen LogP contribution in [0.4, 0.5) is 5.69 Å². The third-order valence-corrected chi connectivity index (χ3v) is 3.67. The molecule has 2 rings (SSSR count). The van der Waals surface area contributed by atoms with Gasteiger partial charge in [-0.25, -0.2) is 0 Å². The molecule has 0 spiro atoms. The summed E-state index contributed by atoms with van der Waals surface area (Å²) in [5.41, 5.74) is 2.83. The number of fused-ring (bicyclic) bond motifs is 1. The lowest BCUT2D eigenvalue weighted by Crippen LogP contribution is -2.12. The van der Waals surface area contributed by atoms with Crippen LogP contribution in [0.2, 0.25) is 0 Å². The van der Waals surface area contributed by atoms with E-state index in [0.29, 0.717) is 12.0 Å². The van der Waals surface area contributed by atoms with Crippen LogP contribution in [0.25, 0.3) is 0 Å². The van der Waals surface area contributed by atoms with Gasteiger partial charge < -0.3 is 5.32 Å². The minimum atomic E-state index is 0.572. The largest absolute Gasteiger partial charge is 0.382 e. The van der Waals surface area contributed by atoms with Crippen molar-refractivity contribution in [2.75, 3.05) is 11.6 Å². The number of hydrogen-bond donors (Lipinski definition) is 1. The summed E-state index contributed by atoms with van der Waals surface area (Å²) in [6.45, 7) is 4.54. The molecule has 0 amide bonds. The van der Waals surface area contributed by atoms with Gasteiger partial charge in [-0.05, 0) is 30.9 Å². The Labute approximate surface area is 83.9 Å². The van der Waals surface area contributed by atoms with Crippen molar-refractivity contribution in [3.05, 3.63) is 23.8 Å². The first-order chi connectivity index (χ1) is 6.24. The molecule has 2 heteroatoms. The summed E-state index contributed by atoms with van der Waals surface area (Å²) in [5.74, 6) is 0.638. The summed E-state index contributed by atoms with van der Waals surface area (Å²) in [6.07, 6.45) is 2.14. The summed E-state index contributed by atoms with van der Waals surface area (Å²) in [5, 5.41) is 3.51. The Morgan fingerprint density at radius 3 is 2.77 bits per heavy atom. The van der Waals surface area contributed by atoms with Gasteiger partial charge in [-0.1, -0.05) is 13.0 Å². The Balaban J connectivity index is 2.51. The topological polar surface area (TPSA) is 12.0 Å². The third kappa shape index (κ3) is 1.33. The normalized spacial score (nSPS) is 25.5. The minimum absolute atomic E-state index is 0.572. The molecule has 1 aromatic carbocycles. The van der Waals surface area contributed by atoms with Crippen molar-refractivity contribution in [1.29, 1.82) is 0 Å². The molecule has 1 aliphatic rings. The van der Waals surface area contributed by atoms with E-state index in [9.17, 15) is 0 Å². The van der Waals surface area contributed by atoms with Gasteiger partial charge in [0.05, 0.1) is 0 Å². The predicted molar refractivity (Wildman–Crippen MR) is 59.7 cm³/mol. The molecular weight excluding hydrogens is 178 g/mol. The fourth-order valence-corrected chi connectivity index (χ4v) is 2.67. The molecule has 1 aromatic rings. The highest BCUT2D eigenvalue weighted by Gasteiger charge is 2.26. The first kappa shape index (κ1) is 8.95. The zero-order valence-electron chi connectivity index (χ0n) is 8.29. The molecular formula is C11H15NS. The summed E-state index contributed by atoms with van der Waals surface area (Å²) in [7, 11) is 0. The standard InChI is InChI=1S/C11H15NS/c1-7-8(2)12-9-5-4-6-10(13-3)11(7)9/h4-8,12H,1-3H3. The van der Waals surface area contributed by atoms with E-state index in [0.717, 1.165) is 0 Å². The molecule has 1 heterocycles. The van der Waals surface area contributed by atoms with E-state index in [4.69, 9.17) is 0 Å².